The molecule has 1 N–H and O–H groups in total. The van der Waals surface area contributed by atoms with Gasteiger partial charge in [-0.3, -0.25) is 0 Å². The zero-order valence-electron chi connectivity index (χ0n) is 20.4. The van der Waals surface area contributed by atoms with Gasteiger partial charge in [0.05, 0.1) is 11.8 Å². The van der Waals surface area contributed by atoms with Crippen LogP contribution in [0.5, 0.6) is 0 Å². The maximum Gasteiger partial charge on any atom is 0.227 e. The van der Waals surface area contributed by atoms with E-state index in [0.29, 0.717) is 5.95 Å². The Kier molecular flexibility index (Phi) is 6.88. The molecule has 2 aromatic carbocycles. The molecular formula is C28H31N5O2. The van der Waals surface area contributed by atoms with Crippen molar-refractivity contribution in [3.05, 3.63) is 95.3 Å². The fourth-order valence-corrected chi connectivity index (χ4v) is 4.80. The lowest BCUT2D eigenvalue weighted by atomic mass is 9.98. The third kappa shape index (κ3) is 4.97. The molecule has 4 aromatic rings. The van der Waals surface area contributed by atoms with Gasteiger partial charge in [0.1, 0.15) is 11.9 Å². The Balaban J connectivity index is 1.50. The second kappa shape index (κ2) is 10.4. The molecule has 2 atom stereocenters. The van der Waals surface area contributed by atoms with Gasteiger partial charge in [0, 0.05) is 43.7 Å². The van der Waals surface area contributed by atoms with E-state index in [2.05, 4.69) is 39.1 Å². The van der Waals surface area contributed by atoms with Crippen molar-refractivity contribution < 1.29 is 9.47 Å². The Hall–Kier alpha value is -3.55. The van der Waals surface area contributed by atoms with Gasteiger partial charge in [-0.25, -0.2) is 15.0 Å². The third-order valence-electron chi connectivity index (χ3n) is 6.69. The minimum atomic E-state index is -0.265. The summed E-state index contributed by atoms with van der Waals surface area (Å²) in [5.74, 6) is 1.53. The molecular weight excluding hydrogens is 438 g/mol. The number of rotatable bonds is 7. The smallest absolute Gasteiger partial charge is 0.227 e. The van der Waals surface area contributed by atoms with Crippen LogP contribution in [-0.2, 0) is 22.3 Å². The Labute approximate surface area is 206 Å². The molecule has 2 aromatic heterocycles. The van der Waals surface area contributed by atoms with Crippen LogP contribution in [0.1, 0.15) is 47.3 Å². The first-order valence-corrected chi connectivity index (χ1v) is 12.0. The molecule has 0 bridgehead atoms. The second-order valence-electron chi connectivity index (χ2n) is 8.84. The predicted molar refractivity (Wildman–Crippen MR) is 136 cm³/mol. The number of imidazole rings is 1. The van der Waals surface area contributed by atoms with Gasteiger partial charge in [-0.05, 0) is 68.0 Å². The summed E-state index contributed by atoms with van der Waals surface area (Å²) in [6.45, 7) is 1.99. The summed E-state index contributed by atoms with van der Waals surface area (Å²) in [6, 6.07) is 18.4. The van der Waals surface area contributed by atoms with E-state index < -0.39 is 0 Å². The van der Waals surface area contributed by atoms with Crippen molar-refractivity contribution in [2.45, 2.75) is 44.8 Å². The van der Waals surface area contributed by atoms with Gasteiger partial charge in [0.15, 0.2) is 0 Å². The molecule has 0 saturated heterocycles. The summed E-state index contributed by atoms with van der Waals surface area (Å²) in [5.41, 5.74) is 6.23. The lowest BCUT2D eigenvalue weighted by Gasteiger charge is -2.21. The van der Waals surface area contributed by atoms with Gasteiger partial charge in [-0.2, -0.15) is 0 Å². The van der Waals surface area contributed by atoms with Gasteiger partial charge >= 0.3 is 0 Å². The van der Waals surface area contributed by atoms with Gasteiger partial charge < -0.3 is 19.4 Å². The van der Waals surface area contributed by atoms with Crippen LogP contribution in [0.3, 0.4) is 0 Å². The van der Waals surface area contributed by atoms with Gasteiger partial charge in [-0.15, -0.1) is 0 Å². The van der Waals surface area contributed by atoms with Crippen molar-refractivity contribution in [2.75, 3.05) is 19.5 Å². The molecule has 180 valence electrons. The highest BCUT2D eigenvalue weighted by Crippen LogP contribution is 2.33. The van der Waals surface area contributed by atoms with Crippen molar-refractivity contribution in [2.24, 2.45) is 0 Å². The summed E-state index contributed by atoms with van der Waals surface area (Å²) in [6.07, 6.45) is 7.34. The van der Waals surface area contributed by atoms with Crippen molar-refractivity contribution in [1.29, 1.82) is 0 Å². The Morgan fingerprint density at radius 3 is 2.43 bits per heavy atom. The highest BCUT2D eigenvalue weighted by atomic mass is 16.5. The highest BCUT2D eigenvalue weighted by molar-refractivity contribution is 5.57. The van der Waals surface area contributed by atoms with Crippen molar-refractivity contribution in [1.82, 2.24) is 19.5 Å². The number of aromatic nitrogens is 4. The predicted octanol–water partition coefficient (Wildman–Crippen LogP) is 5.34. The number of nitrogens with one attached hydrogen (secondary N) is 1. The first-order chi connectivity index (χ1) is 17.2. The molecule has 7 nitrogen and oxygen atoms in total. The normalized spacial score (nSPS) is 16.4. The summed E-state index contributed by atoms with van der Waals surface area (Å²) in [7, 11) is 3.53. The zero-order valence-corrected chi connectivity index (χ0v) is 20.4. The molecule has 0 fully saturated rings. The largest absolute Gasteiger partial charge is 0.381 e. The number of benzene rings is 2. The standard InChI is InChI=1S/C28H31N5O2/c1-19-29-17-18-33(19)22-11-9-21(10-12-22)30-28-31-25-16-14-23(34-2)13-15-24(25)26(32-28)27(35-3)20-7-5-4-6-8-20/h4-12,17-18,23,27H,13-16H2,1-3H3,(H,30,31,32). The molecule has 0 aliphatic heterocycles. The molecule has 5 rings (SSSR count). The van der Waals surface area contributed by atoms with Crippen molar-refractivity contribution in [3.63, 3.8) is 0 Å². The van der Waals surface area contributed by atoms with Crippen LogP contribution in [0.2, 0.25) is 0 Å². The van der Waals surface area contributed by atoms with Crippen LogP contribution in [0.15, 0.2) is 67.0 Å². The number of aryl methyl sites for hydroxylation is 2. The molecule has 0 saturated carbocycles. The Bertz CT molecular complexity index is 1270. The lowest BCUT2D eigenvalue weighted by Crippen LogP contribution is -2.15. The topological polar surface area (TPSA) is 74.1 Å². The lowest BCUT2D eigenvalue weighted by molar-refractivity contribution is 0.0904. The average Bonchev–Trinajstić information content (AvgIpc) is 3.20. The number of ether oxygens (including phenoxy) is 2. The maximum atomic E-state index is 6.00. The van der Waals surface area contributed by atoms with Crippen molar-refractivity contribution in [3.8, 4) is 5.69 Å². The molecule has 7 heteroatoms. The van der Waals surface area contributed by atoms with Gasteiger partial charge in [0.2, 0.25) is 5.95 Å². The first-order valence-electron chi connectivity index (χ1n) is 12.0. The summed E-state index contributed by atoms with van der Waals surface area (Å²) in [4.78, 5) is 14.3. The zero-order chi connectivity index (χ0) is 24.2. The van der Waals surface area contributed by atoms with Gasteiger partial charge in [-0.1, -0.05) is 30.3 Å². The van der Waals surface area contributed by atoms with Gasteiger partial charge in [0.25, 0.3) is 0 Å². The molecule has 0 radical (unpaired) electrons. The van der Waals surface area contributed by atoms with E-state index in [1.165, 1.54) is 5.56 Å². The fraction of sp³-hybridized carbons (Fsp3) is 0.321. The van der Waals surface area contributed by atoms with Crippen LogP contribution in [0.25, 0.3) is 5.69 Å². The maximum absolute atomic E-state index is 6.00. The Morgan fingerprint density at radius 1 is 0.971 bits per heavy atom. The van der Waals surface area contributed by atoms with E-state index in [0.717, 1.165) is 59.8 Å². The van der Waals surface area contributed by atoms with E-state index in [9.17, 15) is 0 Å². The third-order valence-corrected chi connectivity index (χ3v) is 6.69. The number of fused-ring (bicyclic) bond motifs is 1. The minimum Gasteiger partial charge on any atom is -0.381 e. The monoisotopic (exact) mass is 469 g/mol. The number of hydrogen-bond donors (Lipinski definition) is 1. The van der Waals surface area contributed by atoms with Crippen LogP contribution in [0.4, 0.5) is 11.6 Å². The summed E-state index contributed by atoms with van der Waals surface area (Å²) < 4.78 is 13.7. The SMILES string of the molecule is COC1CCc2nc(Nc3ccc(-n4ccnc4C)cc3)nc(C(OC)c3ccccc3)c2CC1. The summed E-state index contributed by atoms with van der Waals surface area (Å²) in [5, 5.41) is 3.42. The average molecular weight is 470 g/mol. The van der Waals surface area contributed by atoms with Crippen molar-refractivity contribution >= 4 is 11.6 Å². The Morgan fingerprint density at radius 2 is 1.74 bits per heavy atom. The molecule has 1 aliphatic rings. The molecule has 0 amide bonds. The number of nitrogens with zero attached hydrogens (tertiary/aromatic N) is 4. The minimum absolute atomic E-state index is 0.227. The van der Waals surface area contributed by atoms with Crippen LogP contribution >= 0.6 is 0 Å². The second-order valence-corrected chi connectivity index (χ2v) is 8.84. The highest BCUT2D eigenvalue weighted by Gasteiger charge is 2.26. The molecule has 35 heavy (non-hydrogen) atoms. The summed E-state index contributed by atoms with van der Waals surface area (Å²) >= 11 is 0. The van der Waals surface area contributed by atoms with E-state index in [4.69, 9.17) is 19.4 Å². The van der Waals surface area contributed by atoms with E-state index in [1.807, 2.05) is 43.5 Å². The molecule has 0 spiro atoms. The van der Waals surface area contributed by atoms with E-state index >= 15 is 0 Å². The molecule has 2 unspecified atom stereocenters. The quantitative estimate of drug-likeness (QED) is 0.368. The van der Waals surface area contributed by atoms with E-state index in [-0.39, 0.29) is 12.2 Å². The molecule has 1 aliphatic carbocycles. The number of methoxy groups -OCH3 is 2. The fourth-order valence-electron chi connectivity index (χ4n) is 4.80. The number of anilines is 2. The molecule has 2 heterocycles. The van der Waals surface area contributed by atoms with E-state index in [1.54, 1.807) is 20.4 Å². The van der Waals surface area contributed by atoms with Crippen LogP contribution in [-0.4, -0.2) is 39.8 Å². The first kappa shape index (κ1) is 23.2. The number of hydrogen-bond acceptors (Lipinski definition) is 6. The van der Waals surface area contributed by atoms with Crippen LogP contribution in [0, 0.1) is 6.92 Å². The van der Waals surface area contributed by atoms with Crippen LogP contribution < -0.4 is 5.32 Å².